The van der Waals surface area contributed by atoms with Gasteiger partial charge in [0.1, 0.15) is 5.60 Å². The molecular formula is C15H30N2O2. The lowest BCUT2D eigenvalue weighted by Gasteiger charge is -2.23. The Morgan fingerprint density at radius 1 is 1.32 bits per heavy atom. The summed E-state index contributed by atoms with van der Waals surface area (Å²) in [5.41, 5.74) is -0.420. The van der Waals surface area contributed by atoms with E-state index in [-0.39, 0.29) is 6.09 Å². The fraction of sp³-hybridized carbons (Fsp3) is 0.933. The van der Waals surface area contributed by atoms with Gasteiger partial charge in [0.2, 0.25) is 0 Å². The molecule has 1 amide bonds. The first-order valence-corrected chi connectivity index (χ1v) is 7.45. The molecule has 0 aromatic rings. The number of nitrogens with one attached hydrogen (secondary N) is 1. The van der Waals surface area contributed by atoms with Gasteiger partial charge in [-0.1, -0.05) is 13.8 Å². The standard InChI is InChI=1S/C15H30N2O2/c1-12-6-8-17(11-13(2)10-12)9-7-16-14(18)19-15(3,4)5/h12-13H,6-11H2,1-5H3,(H,16,18)/t12-,13+/m1/s1. The SMILES string of the molecule is C[C@@H]1CCN(CCNC(=O)OC(C)(C)C)C[C@@H](C)C1. The molecule has 1 aliphatic heterocycles. The Morgan fingerprint density at radius 3 is 2.63 bits per heavy atom. The number of hydrogen-bond acceptors (Lipinski definition) is 3. The predicted octanol–water partition coefficient (Wildman–Crippen LogP) is 2.88. The van der Waals surface area contributed by atoms with E-state index in [4.69, 9.17) is 4.74 Å². The smallest absolute Gasteiger partial charge is 0.407 e. The Morgan fingerprint density at radius 2 is 2.00 bits per heavy atom. The van der Waals surface area contributed by atoms with Gasteiger partial charge in [0.25, 0.3) is 0 Å². The maximum atomic E-state index is 11.5. The van der Waals surface area contributed by atoms with Gasteiger partial charge in [0, 0.05) is 19.6 Å². The highest BCUT2D eigenvalue weighted by molar-refractivity contribution is 5.67. The van der Waals surface area contributed by atoms with E-state index in [1.54, 1.807) is 0 Å². The molecule has 1 rings (SSSR count). The highest BCUT2D eigenvalue weighted by Crippen LogP contribution is 2.20. The van der Waals surface area contributed by atoms with E-state index in [9.17, 15) is 4.79 Å². The third-order valence-electron chi connectivity index (χ3n) is 3.41. The summed E-state index contributed by atoms with van der Waals surface area (Å²) in [4.78, 5) is 14.0. The van der Waals surface area contributed by atoms with Crippen LogP contribution < -0.4 is 5.32 Å². The van der Waals surface area contributed by atoms with Crippen LogP contribution in [-0.2, 0) is 4.74 Å². The van der Waals surface area contributed by atoms with Crippen LogP contribution >= 0.6 is 0 Å². The van der Waals surface area contributed by atoms with Crippen molar-refractivity contribution in [3.63, 3.8) is 0 Å². The van der Waals surface area contributed by atoms with Gasteiger partial charge in [-0.2, -0.15) is 0 Å². The third kappa shape index (κ3) is 7.41. The zero-order chi connectivity index (χ0) is 14.5. The quantitative estimate of drug-likeness (QED) is 0.857. The molecule has 0 radical (unpaired) electrons. The van der Waals surface area contributed by atoms with Crippen LogP contribution in [0, 0.1) is 11.8 Å². The van der Waals surface area contributed by atoms with Gasteiger partial charge in [-0.15, -0.1) is 0 Å². The minimum absolute atomic E-state index is 0.316. The average Bonchev–Trinajstić information content (AvgIpc) is 2.37. The maximum absolute atomic E-state index is 11.5. The number of nitrogens with zero attached hydrogens (tertiary/aromatic N) is 1. The topological polar surface area (TPSA) is 41.6 Å². The van der Waals surface area contributed by atoms with E-state index in [1.807, 2.05) is 20.8 Å². The van der Waals surface area contributed by atoms with Crippen molar-refractivity contribution >= 4 is 6.09 Å². The molecule has 0 aromatic heterocycles. The molecule has 0 unspecified atom stereocenters. The van der Waals surface area contributed by atoms with Crippen molar-refractivity contribution in [1.29, 1.82) is 0 Å². The van der Waals surface area contributed by atoms with Gasteiger partial charge in [0.15, 0.2) is 0 Å². The summed E-state index contributed by atoms with van der Waals surface area (Å²) in [6.07, 6.45) is 2.26. The molecule has 1 saturated heterocycles. The number of likely N-dealkylation sites (tertiary alicyclic amines) is 1. The molecule has 1 heterocycles. The monoisotopic (exact) mass is 270 g/mol. The highest BCUT2D eigenvalue weighted by Gasteiger charge is 2.19. The summed E-state index contributed by atoms with van der Waals surface area (Å²) in [5, 5.41) is 2.83. The van der Waals surface area contributed by atoms with E-state index in [1.165, 1.54) is 12.8 Å². The van der Waals surface area contributed by atoms with Crippen molar-refractivity contribution < 1.29 is 9.53 Å². The summed E-state index contributed by atoms with van der Waals surface area (Å²) >= 11 is 0. The van der Waals surface area contributed by atoms with Crippen LogP contribution in [0.3, 0.4) is 0 Å². The van der Waals surface area contributed by atoms with Gasteiger partial charge < -0.3 is 15.0 Å². The lowest BCUT2D eigenvalue weighted by Crippen LogP contribution is -2.39. The molecule has 4 heteroatoms. The summed E-state index contributed by atoms with van der Waals surface area (Å²) < 4.78 is 5.22. The third-order valence-corrected chi connectivity index (χ3v) is 3.41. The molecule has 1 N–H and O–H groups in total. The zero-order valence-electron chi connectivity index (χ0n) is 13.2. The molecule has 4 nitrogen and oxygen atoms in total. The largest absolute Gasteiger partial charge is 0.444 e. The number of carbonyl (C=O) groups is 1. The summed E-state index contributed by atoms with van der Waals surface area (Å²) in [5.74, 6) is 1.57. The second-order valence-corrected chi connectivity index (χ2v) is 6.96. The minimum atomic E-state index is -0.420. The van der Waals surface area contributed by atoms with Crippen molar-refractivity contribution in [3.8, 4) is 0 Å². The Balaban J connectivity index is 2.23. The Bertz CT molecular complexity index is 286. The first-order chi connectivity index (χ1) is 8.76. The minimum Gasteiger partial charge on any atom is -0.444 e. The Kier molecular flexibility index (Phi) is 6.11. The molecule has 1 aliphatic rings. The molecule has 0 aromatic carbocycles. The van der Waals surface area contributed by atoms with Crippen molar-refractivity contribution in [2.75, 3.05) is 26.2 Å². The fourth-order valence-corrected chi connectivity index (χ4v) is 2.65. The normalized spacial score (nSPS) is 25.7. The number of ether oxygens (including phenoxy) is 1. The van der Waals surface area contributed by atoms with Gasteiger partial charge >= 0.3 is 6.09 Å². The summed E-state index contributed by atoms with van der Waals surface area (Å²) in [7, 11) is 0. The lowest BCUT2D eigenvalue weighted by atomic mass is 9.97. The first kappa shape index (κ1) is 16.3. The predicted molar refractivity (Wildman–Crippen MR) is 78.2 cm³/mol. The van der Waals surface area contributed by atoms with Crippen LogP contribution in [0.2, 0.25) is 0 Å². The van der Waals surface area contributed by atoms with Crippen LogP contribution in [0.4, 0.5) is 4.79 Å². The second kappa shape index (κ2) is 7.13. The van der Waals surface area contributed by atoms with E-state index < -0.39 is 5.60 Å². The number of hydrogen-bond donors (Lipinski definition) is 1. The molecule has 1 fully saturated rings. The first-order valence-electron chi connectivity index (χ1n) is 7.45. The van der Waals surface area contributed by atoms with E-state index in [2.05, 4.69) is 24.1 Å². The number of carbonyl (C=O) groups excluding carboxylic acids is 1. The Hall–Kier alpha value is -0.770. The van der Waals surface area contributed by atoms with E-state index in [0.29, 0.717) is 6.54 Å². The molecule has 0 spiro atoms. The zero-order valence-corrected chi connectivity index (χ0v) is 13.2. The van der Waals surface area contributed by atoms with Gasteiger partial charge in [0.05, 0.1) is 0 Å². The molecule has 112 valence electrons. The van der Waals surface area contributed by atoms with Gasteiger partial charge in [-0.3, -0.25) is 0 Å². The molecule has 0 saturated carbocycles. The highest BCUT2D eigenvalue weighted by atomic mass is 16.6. The lowest BCUT2D eigenvalue weighted by molar-refractivity contribution is 0.0521. The molecule has 0 bridgehead atoms. The molecule has 19 heavy (non-hydrogen) atoms. The van der Waals surface area contributed by atoms with Gasteiger partial charge in [-0.05, 0) is 52.0 Å². The van der Waals surface area contributed by atoms with Crippen molar-refractivity contribution in [3.05, 3.63) is 0 Å². The average molecular weight is 270 g/mol. The number of alkyl carbamates (subject to hydrolysis) is 1. The Labute approximate surface area is 117 Å². The van der Waals surface area contributed by atoms with Crippen LogP contribution in [0.1, 0.15) is 47.5 Å². The van der Waals surface area contributed by atoms with Crippen molar-refractivity contribution in [1.82, 2.24) is 10.2 Å². The van der Waals surface area contributed by atoms with Crippen LogP contribution in [0.15, 0.2) is 0 Å². The summed E-state index contributed by atoms with van der Waals surface area (Å²) in [6.45, 7) is 14.1. The second-order valence-electron chi connectivity index (χ2n) is 6.96. The van der Waals surface area contributed by atoms with E-state index >= 15 is 0 Å². The van der Waals surface area contributed by atoms with Crippen LogP contribution in [-0.4, -0.2) is 42.8 Å². The number of rotatable bonds is 3. The molecule has 0 aliphatic carbocycles. The maximum Gasteiger partial charge on any atom is 0.407 e. The van der Waals surface area contributed by atoms with Crippen LogP contribution in [0.25, 0.3) is 0 Å². The van der Waals surface area contributed by atoms with E-state index in [0.717, 1.165) is 31.5 Å². The van der Waals surface area contributed by atoms with Crippen molar-refractivity contribution in [2.45, 2.75) is 53.1 Å². The molecular weight excluding hydrogens is 240 g/mol. The fourth-order valence-electron chi connectivity index (χ4n) is 2.65. The van der Waals surface area contributed by atoms with Crippen molar-refractivity contribution in [2.24, 2.45) is 11.8 Å². The number of amides is 1. The molecule has 2 atom stereocenters. The summed E-state index contributed by atoms with van der Waals surface area (Å²) in [6, 6.07) is 0. The van der Waals surface area contributed by atoms with Crippen LogP contribution in [0.5, 0.6) is 0 Å². The van der Waals surface area contributed by atoms with Gasteiger partial charge in [-0.25, -0.2) is 4.79 Å².